The van der Waals surface area contributed by atoms with Gasteiger partial charge >= 0.3 is 23.5 Å². The Bertz CT molecular complexity index is 1890. The van der Waals surface area contributed by atoms with Crippen LogP contribution in [0.2, 0.25) is 0 Å². The Balaban J connectivity index is 1.50. The third-order valence-corrected chi connectivity index (χ3v) is 11.3. The molecule has 2 aromatic heterocycles. The lowest BCUT2D eigenvalue weighted by Gasteiger charge is -2.30. The average Bonchev–Trinajstić information content (AvgIpc) is 3.64. The molecule has 308 valence electrons. The number of amides is 2. The van der Waals surface area contributed by atoms with Gasteiger partial charge in [0.1, 0.15) is 36.3 Å². The zero-order chi connectivity index (χ0) is 41.4. The molecule has 0 aliphatic carbocycles. The number of nitrogen functional groups attached to an aromatic ring is 1. The molecule has 3 heterocycles. The van der Waals surface area contributed by atoms with Crippen molar-refractivity contribution in [2.75, 3.05) is 37.8 Å². The van der Waals surface area contributed by atoms with Crippen molar-refractivity contribution in [3.05, 3.63) is 37.0 Å². The van der Waals surface area contributed by atoms with E-state index in [-0.39, 0.29) is 41.6 Å². The standard InChI is InChI=1S/C27H42N7O17P3S/c1-5-15(2)10-18(36)55-9-8-29-17(35)6-7-30-25(39)22(38)27(3,4)12-48-54(45,46)51-53(43,44)47-11-16-21(50-52(40,41)42)20(37)26(49-16)34-14-33-19-23(28)31-13-32-24(19)34/h5,10,13-14,16,20-22,26,37-38H,1,6-9,11-12H2,2-4H3,(H,29,35)(H,30,39)(H,43,44)(H,45,46)(H2,28,31,32)(H2,40,41,42)/t16-,20-,21-,22+,26-/m1/s1. The number of phosphoric acid groups is 3. The van der Waals surface area contributed by atoms with E-state index in [1.54, 1.807) is 6.92 Å². The molecule has 55 heavy (non-hydrogen) atoms. The minimum Gasteiger partial charge on any atom is -0.386 e. The molecular weight excluding hydrogens is 819 g/mol. The quantitative estimate of drug-likeness (QED) is 0.0339. The second kappa shape index (κ2) is 19.5. The highest BCUT2D eigenvalue weighted by atomic mass is 32.2. The first-order valence-electron chi connectivity index (χ1n) is 15.8. The molecule has 28 heteroatoms. The SMILES string of the molecule is C=CC(C)=CC(=O)SCCNC(=O)CCNC(=O)[C@H](O)C(C)(C)COP(=O)(O)OP(=O)(O)OC[C@H]1O[C@@H](n2cnc3c(N)ncnc32)[C@H](O)[C@@H]1OP(=O)(O)O. The smallest absolute Gasteiger partial charge is 0.386 e. The Kier molecular flexibility index (Phi) is 16.4. The van der Waals surface area contributed by atoms with Crippen molar-refractivity contribution in [3.8, 4) is 0 Å². The summed E-state index contributed by atoms with van der Waals surface area (Å²) in [4.78, 5) is 87.2. The van der Waals surface area contributed by atoms with Crippen molar-refractivity contribution < 1.29 is 80.5 Å². The summed E-state index contributed by atoms with van der Waals surface area (Å²) in [7, 11) is -16.4. The first-order valence-corrected chi connectivity index (χ1v) is 21.3. The van der Waals surface area contributed by atoms with Gasteiger partial charge in [-0.2, -0.15) is 4.31 Å². The van der Waals surface area contributed by atoms with E-state index in [2.05, 4.69) is 41.0 Å². The highest BCUT2D eigenvalue weighted by Gasteiger charge is 2.50. The zero-order valence-electron chi connectivity index (χ0n) is 29.4. The lowest BCUT2D eigenvalue weighted by Crippen LogP contribution is -2.46. The normalized spacial score (nSPS) is 22.1. The van der Waals surface area contributed by atoms with Gasteiger partial charge in [-0.05, 0) is 18.6 Å². The van der Waals surface area contributed by atoms with Gasteiger partial charge in [0.15, 0.2) is 17.7 Å². The molecular formula is C27H42N7O17P3S. The third-order valence-electron chi connectivity index (χ3n) is 7.41. The van der Waals surface area contributed by atoms with Crippen LogP contribution in [0.5, 0.6) is 0 Å². The fraction of sp³-hybridized carbons (Fsp3) is 0.556. The molecule has 1 aliphatic heterocycles. The van der Waals surface area contributed by atoms with Crippen molar-refractivity contribution >= 4 is 69.1 Å². The second-order valence-corrected chi connectivity index (χ2v) is 17.7. The van der Waals surface area contributed by atoms with Gasteiger partial charge in [-0.25, -0.2) is 28.6 Å². The second-order valence-electron chi connectivity index (χ2n) is 12.3. The maximum atomic E-state index is 12.7. The van der Waals surface area contributed by atoms with Gasteiger partial charge in [-0.15, -0.1) is 0 Å². The molecule has 2 aromatic rings. The Morgan fingerprint density at radius 2 is 1.78 bits per heavy atom. The predicted molar refractivity (Wildman–Crippen MR) is 191 cm³/mol. The van der Waals surface area contributed by atoms with Gasteiger partial charge in [-0.3, -0.25) is 32.5 Å². The van der Waals surface area contributed by atoms with Gasteiger partial charge in [0, 0.05) is 30.7 Å². The number of nitrogens with zero attached hydrogens (tertiary/aromatic N) is 4. The largest absolute Gasteiger partial charge is 0.481 e. The zero-order valence-corrected chi connectivity index (χ0v) is 32.9. The summed E-state index contributed by atoms with van der Waals surface area (Å²) in [6, 6.07) is 0. The summed E-state index contributed by atoms with van der Waals surface area (Å²) < 4.78 is 62.0. The molecule has 3 rings (SSSR count). The summed E-state index contributed by atoms with van der Waals surface area (Å²) in [5, 5.41) is 26.1. The molecule has 0 bridgehead atoms. The molecule has 2 amide bonds. The molecule has 1 saturated heterocycles. The minimum absolute atomic E-state index is 0.0284. The number of aliphatic hydroxyl groups is 2. The number of nitrogens with one attached hydrogen (secondary N) is 2. The summed E-state index contributed by atoms with van der Waals surface area (Å²) in [5.41, 5.74) is 4.94. The molecule has 10 N–H and O–H groups in total. The number of rotatable bonds is 21. The summed E-state index contributed by atoms with van der Waals surface area (Å²) in [6.07, 6.45) is -4.01. The van der Waals surface area contributed by atoms with Crippen molar-refractivity contribution in [1.29, 1.82) is 0 Å². The maximum absolute atomic E-state index is 12.7. The summed E-state index contributed by atoms with van der Waals surface area (Å²) in [6.45, 7) is 5.69. The Labute approximate surface area is 317 Å². The lowest BCUT2D eigenvalue weighted by molar-refractivity contribution is -0.137. The van der Waals surface area contributed by atoms with E-state index in [1.807, 2.05) is 0 Å². The van der Waals surface area contributed by atoms with Crippen molar-refractivity contribution in [2.24, 2.45) is 5.41 Å². The van der Waals surface area contributed by atoms with E-state index in [0.717, 1.165) is 29.0 Å². The molecule has 0 saturated carbocycles. The van der Waals surface area contributed by atoms with Crippen LogP contribution in [0.25, 0.3) is 11.2 Å². The number of imidazole rings is 1. The Morgan fingerprint density at radius 1 is 1.11 bits per heavy atom. The van der Waals surface area contributed by atoms with Gasteiger partial charge in [0.05, 0.1) is 19.5 Å². The number of carbonyl (C=O) groups is 3. The molecule has 0 spiro atoms. The van der Waals surface area contributed by atoms with Gasteiger partial charge in [0.25, 0.3) is 0 Å². The van der Waals surface area contributed by atoms with Crippen LogP contribution < -0.4 is 16.4 Å². The van der Waals surface area contributed by atoms with E-state index in [1.165, 1.54) is 26.0 Å². The van der Waals surface area contributed by atoms with Crippen molar-refractivity contribution in [2.45, 2.75) is 57.8 Å². The maximum Gasteiger partial charge on any atom is 0.481 e. The van der Waals surface area contributed by atoms with E-state index < -0.39 is 84.6 Å². The Hall–Kier alpha value is -2.96. The van der Waals surface area contributed by atoms with Crippen LogP contribution in [-0.2, 0) is 50.7 Å². The molecule has 2 unspecified atom stereocenters. The van der Waals surface area contributed by atoms with E-state index >= 15 is 0 Å². The van der Waals surface area contributed by atoms with Crippen LogP contribution in [0.4, 0.5) is 5.82 Å². The first kappa shape index (κ1) is 46.4. The Morgan fingerprint density at radius 3 is 2.44 bits per heavy atom. The predicted octanol–water partition coefficient (Wildman–Crippen LogP) is -0.203. The average molecular weight is 862 g/mol. The number of anilines is 1. The van der Waals surface area contributed by atoms with E-state index in [0.29, 0.717) is 11.3 Å². The highest BCUT2D eigenvalue weighted by molar-refractivity contribution is 8.14. The molecule has 1 aliphatic rings. The van der Waals surface area contributed by atoms with Crippen molar-refractivity contribution in [1.82, 2.24) is 30.2 Å². The lowest BCUT2D eigenvalue weighted by atomic mass is 9.87. The number of fused-ring (bicyclic) bond motifs is 1. The monoisotopic (exact) mass is 861 g/mol. The number of aliphatic hydroxyl groups excluding tert-OH is 2. The highest BCUT2D eigenvalue weighted by Crippen LogP contribution is 2.61. The molecule has 0 radical (unpaired) electrons. The number of phosphoric ester groups is 3. The fourth-order valence-electron chi connectivity index (χ4n) is 4.57. The van der Waals surface area contributed by atoms with Gasteiger partial charge in [0.2, 0.25) is 16.9 Å². The third kappa shape index (κ3) is 14.2. The number of carbonyl (C=O) groups excluding carboxylic acids is 3. The molecule has 0 aromatic carbocycles. The fourth-order valence-corrected chi connectivity index (χ4v) is 8.07. The van der Waals surface area contributed by atoms with Crippen LogP contribution in [0.3, 0.4) is 0 Å². The van der Waals surface area contributed by atoms with Crippen LogP contribution in [-0.4, -0.2) is 123 Å². The first-order chi connectivity index (χ1) is 25.4. The number of hydrogen-bond donors (Lipinski definition) is 9. The minimum atomic E-state index is -5.57. The van der Waals surface area contributed by atoms with Crippen LogP contribution in [0.1, 0.15) is 33.4 Å². The van der Waals surface area contributed by atoms with E-state index in [9.17, 15) is 57.9 Å². The summed E-state index contributed by atoms with van der Waals surface area (Å²) in [5.74, 6) is -1.18. The number of hydrogen-bond acceptors (Lipinski definition) is 18. The molecule has 24 nitrogen and oxygen atoms in total. The topological polar surface area (TPSA) is 364 Å². The number of aromatic nitrogens is 4. The number of nitrogens with two attached hydrogens (primary N) is 1. The van der Waals surface area contributed by atoms with Crippen LogP contribution >= 0.6 is 35.2 Å². The molecule has 7 atom stereocenters. The van der Waals surface area contributed by atoms with Gasteiger partial charge < -0.3 is 50.9 Å². The van der Waals surface area contributed by atoms with Gasteiger partial charge in [-0.1, -0.05) is 38.3 Å². The summed E-state index contributed by atoms with van der Waals surface area (Å²) >= 11 is 0.990. The van der Waals surface area contributed by atoms with Crippen molar-refractivity contribution in [3.63, 3.8) is 0 Å². The number of allylic oxidation sites excluding steroid dienone is 2. The van der Waals surface area contributed by atoms with Crippen LogP contribution in [0, 0.1) is 5.41 Å². The van der Waals surface area contributed by atoms with E-state index in [4.69, 9.17) is 19.5 Å². The number of ether oxygens (including phenoxy) is 1. The number of thioether (sulfide) groups is 1. The molecule has 1 fully saturated rings. The van der Waals surface area contributed by atoms with Crippen LogP contribution in [0.15, 0.2) is 37.0 Å².